The largest absolute Gasteiger partial charge is 0.481 e. The summed E-state index contributed by atoms with van der Waals surface area (Å²) in [6.07, 6.45) is 13.5. The van der Waals surface area contributed by atoms with Gasteiger partial charge in [0.05, 0.1) is 6.42 Å². The number of carboxylic acid groups (broad SMARTS) is 1. The zero-order valence-corrected chi connectivity index (χ0v) is 14.4. The van der Waals surface area contributed by atoms with Crippen molar-refractivity contribution in [2.45, 2.75) is 103 Å². The Morgan fingerprint density at radius 1 is 0.864 bits per heavy atom. The van der Waals surface area contributed by atoms with Crippen molar-refractivity contribution in [3.05, 3.63) is 0 Å². The monoisotopic (exact) mass is 314 g/mol. The first kappa shape index (κ1) is 20.9. The zero-order valence-electron chi connectivity index (χ0n) is 14.4. The van der Waals surface area contributed by atoms with Gasteiger partial charge in [-0.3, -0.25) is 9.59 Å². The van der Waals surface area contributed by atoms with E-state index in [1.807, 2.05) is 0 Å². The number of carboxylic acids is 1. The van der Waals surface area contributed by atoms with E-state index < -0.39 is 12.1 Å². The molecular weight excluding hydrogens is 280 g/mol. The van der Waals surface area contributed by atoms with Gasteiger partial charge in [-0.15, -0.1) is 0 Å². The molecule has 0 aliphatic rings. The third-order valence-corrected chi connectivity index (χ3v) is 3.78. The maximum atomic E-state index is 11.5. The van der Waals surface area contributed by atoms with Crippen LogP contribution in [0.1, 0.15) is 97.3 Å². The number of carbonyl (C=O) groups is 2. The topological polar surface area (TPSA) is 63.6 Å². The molecule has 0 rings (SSSR count). The molecule has 0 aliphatic heterocycles. The molecule has 0 saturated carbocycles. The molecule has 4 heteroatoms. The molecule has 0 fully saturated rings. The molecule has 0 radical (unpaired) electrons. The van der Waals surface area contributed by atoms with Crippen molar-refractivity contribution in [2.75, 3.05) is 0 Å². The predicted octanol–water partition coefficient (Wildman–Crippen LogP) is 5.09. The van der Waals surface area contributed by atoms with Crippen LogP contribution in [-0.2, 0) is 14.3 Å². The Balaban J connectivity index is 3.28. The maximum absolute atomic E-state index is 11.5. The maximum Gasteiger partial charge on any atom is 0.307 e. The van der Waals surface area contributed by atoms with Gasteiger partial charge in [-0.1, -0.05) is 71.1 Å². The van der Waals surface area contributed by atoms with Crippen LogP contribution >= 0.6 is 0 Å². The van der Waals surface area contributed by atoms with Gasteiger partial charge in [-0.2, -0.15) is 0 Å². The number of aliphatic carboxylic acids is 1. The molecule has 22 heavy (non-hydrogen) atoms. The lowest BCUT2D eigenvalue weighted by atomic mass is 10.1. The van der Waals surface area contributed by atoms with Gasteiger partial charge < -0.3 is 9.84 Å². The highest BCUT2D eigenvalue weighted by molar-refractivity contribution is 5.71. The lowest BCUT2D eigenvalue weighted by molar-refractivity contribution is -0.151. The van der Waals surface area contributed by atoms with Crippen molar-refractivity contribution in [2.24, 2.45) is 0 Å². The summed E-state index contributed by atoms with van der Waals surface area (Å²) in [5, 5.41) is 8.58. The SMILES string of the molecule is CCCCCCCCCCCCCC(=O)OC(C)CC(=O)O. The van der Waals surface area contributed by atoms with Gasteiger partial charge >= 0.3 is 11.9 Å². The third-order valence-electron chi connectivity index (χ3n) is 3.78. The third kappa shape index (κ3) is 15.3. The van der Waals surface area contributed by atoms with E-state index in [9.17, 15) is 9.59 Å². The van der Waals surface area contributed by atoms with Crippen molar-refractivity contribution in [1.82, 2.24) is 0 Å². The fourth-order valence-corrected chi connectivity index (χ4v) is 2.50. The van der Waals surface area contributed by atoms with Gasteiger partial charge in [-0.05, 0) is 13.3 Å². The van der Waals surface area contributed by atoms with Crippen molar-refractivity contribution in [3.63, 3.8) is 0 Å². The second-order valence-corrected chi connectivity index (χ2v) is 6.18. The molecule has 4 nitrogen and oxygen atoms in total. The minimum absolute atomic E-state index is 0.121. The highest BCUT2D eigenvalue weighted by Gasteiger charge is 2.12. The molecule has 1 unspecified atom stereocenters. The van der Waals surface area contributed by atoms with Crippen molar-refractivity contribution in [1.29, 1.82) is 0 Å². The second-order valence-electron chi connectivity index (χ2n) is 6.18. The first-order chi connectivity index (χ1) is 10.6. The Hall–Kier alpha value is -1.06. The molecule has 0 aliphatic carbocycles. The van der Waals surface area contributed by atoms with Crippen molar-refractivity contribution in [3.8, 4) is 0 Å². The van der Waals surface area contributed by atoms with Crippen LogP contribution in [0, 0.1) is 0 Å². The molecule has 0 amide bonds. The fourth-order valence-electron chi connectivity index (χ4n) is 2.50. The Kier molecular flexibility index (Phi) is 14.1. The lowest BCUT2D eigenvalue weighted by Crippen LogP contribution is -2.18. The predicted molar refractivity (Wildman–Crippen MR) is 88.9 cm³/mol. The van der Waals surface area contributed by atoms with Gasteiger partial charge in [0.2, 0.25) is 0 Å². The molecule has 0 saturated heterocycles. The number of rotatable bonds is 15. The Bertz CT molecular complexity index is 289. The molecule has 1 atom stereocenters. The van der Waals surface area contributed by atoms with Crippen molar-refractivity contribution >= 4 is 11.9 Å². The Labute approximate surface area is 135 Å². The quantitative estimate of drug-likeness (QED) is 0.337. The van der Waals surface area contributed by atoms with Crippen LogP contribution in [0.4, 0.5) is 0 Å². The molecule has 0 bridgehead atoms. The summed E-state index contributed by atoms with van der Waals surface area (Å²) in [4.78, 5) is 21.9. The van der Waals surface area contributed by atoms with Crippen LogP contribution in [0.2, 0.25) is 0 Å². The molecule has 0 heterocycles. The summed E-state index contributed by atoms with van der Waals surface area (Å²) in [6, 6.07) is 0. The Morgan fingerprint density at radius 2 is 1.32 bits per heavy atom. The molecular formula is C18H34O4. The van der Waals surface area contributed by atoms with Gasteiger partial charge in [0.1, 0.15) is 6.10 Å². The number of hydrogen-bond acceptors (Lipinski definition) is 3. The van der Waals surface area contributed by atoms with Crippen molar-refractivity contribution < 1.29 is 19.4 Å². The highest BCUT2D eigenvalue weighted by Crippen LogP contribution is 2.12. The number of unbranched alkanes of at least 4 members (excludes halogenated alkanes) is 10. The normalized spacial score (nSPS) is 12.1. The van der Waals surface area contributed by atoms with E-state index in [2.05, 4.69) is 6.92 Å². The van der Waals surface area contributed by atoms with Crippen LogP contribution < -0.4 is 0 Å². The van der Waals surface area contributed by atoms with Gasteiger partial charge in [0, 0.05) is 6.42 Å². The van der Waals surface area contributed by atoms with E-state index >= 15 is 0 Å². The van der Waals surface area contributed by atoms with E-state index in [1.54, 1.807) is 6.92 Å². The minimum Gasteiger partial charge on any atom is -0.481 e. The average Bonchev–Trinajstić information content (AvgIpc) is 2.43. The van der Waals surface area contributed by atoms with Crippen LogP contribution in [0.15, 0.2) is 0 Å². The number of hydrogen-bond donors (Lipinski definition) is 1. The van der Waals surface area contributed by atoms with Crippen LogP contribution in [0.5, 0.6) is 0 Å². The first-order valence-corrected chi connectivity index (χ1v) is 8.97. The fraction of sp³-hybridized carbons (Fsp3) is 0.889. The van der Waals surface area contributed by atoms with Gasteiger partial charge in [0.15, 0.2) is 0 Å². The van der Waals surface area contributed by atoms with E-state index in [4.69, 9.17) is 9.84 Å². The molecule has 130 valence electrons. The molecule has 1 N–H and O–H groups in total. The molecule has 0 aromatic carbocycles. The van der Waals surface area contributed by atoms with E-state index in [0.29, 0.717) is 6.42 Å². The lowest BCUT2D eigenvalue weighted by Gasteiger charge is -2.10. The summed E-state index contributed by atoms with van der Waals surface area (Å²) in [6.45, 7) is 3.86. The summed E-state index contributed by atoms with van der Waals surface area (Å²) >= 11 is 0. The van der Waals surface area contributed by atoms with Crippen LogP contribution in [0.25, 0.3) is 0 Å². The summed E-state index contributed by atoms with van der Waals surface area (Å²) in [5.41, 5.74) is 0. The van der Waals surface area contributed by atoms with Crippen LogP contribution in [-0.4, -0.2) is 23.1 Å². The standard InChI is InChI=1S/C18H34O4/c1-3-4-5-6-7-8-9-10-11-12-13-14-18(21)22-16(2)15-17(19)20/h16H,3-15H2,1-2H3,(H,19,20). The van der Waals surface area contributed by atoms with Gasteiger partial charge in [0.25, 0.3) is 0 Å². The molecule has 0 aromatic heterocycles. The summed E-state index contributed by atoms with van der Waals surface area (Å²) in [7, 11) is 0. The number of carbonyl (C=O) groups excluding carboxylic acids is 1. The Morgan fingerprint density at radius 3 is 1.77 bits per heavy atom. The molecule has 0 aromatic rings. The minimum atomic E-state index is -0.935. The number of esters is 1. The smallest absolute Gasteiger partial charge is 0.307 e. The van der Waals surface area contributed by atoms with E-state index in [1.165, 1.54) is 57.8 Å². The highest BCUT2D eigenvalue weighted by atomic mass is 16.5. The van der Waals surface area contributed by atoms with Gasteiger partial charge in [-0.25, -0.2) is 0 Å². The number of ether oxygens (including phenoxy) is 1. The summed E-state index contributed by atoms with van der Waals surface area (Å²) in [5.74, 6) is -1.21. The first-order valence-electron chi connectivity index (χ1n) is 8.97. The summed E-state index contributed by atoms with van der Waals surface area (Å²) < 4.78 is 5.03. The average molecular weight is 314 g/mol. The van der Waals surface area contributed by atoms with Crippen LogP contribution in [0.3, 0.4) is 0 Å². The molecule has 0 spiro atoms. The zero-order chi connectivity index (χ0) is 16.6. The second kappa shape index (κ2) is 14.9. The van der Waals surface area contributed by atoms with E-state index in [-0.39, 0.29) is 12.4 Å². The van der Waals surface area contributed by atoms with E-state index in [0.717, 1.165) is 12.8 Å².